The number of aliphatic hydroxyl groups excluding tert-OH is 1. The summed E-state index contributed by atoms with van der Waals surface area (Å²) in [6.45, 7) is 14.1. The fraction of sp³-hybridized carbons (Fsp3) is 0.941. The van der Waals surface area contributed by atoms with Crippen molar-refractivity contribution in [2.45, 2.75) is 350 Å². The quantitative estimate of drug-likeness (QED) is 0.0222. The number of ether oxygens (including phenoxy) is 4. The smallest absolute Gasteiger partial charge is 0.462 e. The third-order valence-corrected chi connectivity index (χ3v) is 18.6. The van der Waals surface area contributed by atoms with E-state index in [4.69, 9.17) is 37.0 Å². The summed E-state index contributed by atoms with van der Waals surface area (Å²) in [5.41, 5.74) is 0. The zero-order valence-electron chi connectivity index (χ0n) is 56.6. The number of esters is 4. The van der Waals surface area contributed by atoms with E-state index in [1.54, 1.807) is 0 Å². The van der Waals surface area contributed by atoms with E-state index in [-0.39, 0.29) is 25.7 Å². The van der Waals surface area contributed by atoms with Crippen molar-refractivity contribution in [1.82, 2.24) is 0 Å². The van der Waals surface area contributed by atoms with Crippen LogP contribution in [0, 0.1) is 23.7 Å². The molecule has 0 aliphatic carbocycles. The maximum absolute atomic E-state index is 13.0. The average Bonchev–Trinajstić information content (AvgIpc) is 3.69. The summed E-state index contributed by atoms with van der Waals surface area (Å²) in [5.74, 6) is 0.877. The van der Waals surface area contributed by atoms with Gasteiger partial charge in [-0.1, -0.05) is 280 Å². The van der Waals surface area contributed by atoms with Crippen LogP contribution in [0.2, 0.25) is 0 Å². The second kappa shape index (κ2) is 57.9. The molecule has 0 spiro atoms. The second-order valence-corrected chi connectivity index (χ2v) is 28.7. The zero-order chi connectivity index (χ0) is 64.7. The summed E-state index contributed by atoms with van der Waals surface area (Å²) < 4.78 is 68.2. The van der Waals surface area contributed by atoms with Crippen molar-refractivity contribution in [3.8, 4) is 0 Å². The van der Waals surface area contributed by atoms with Crippen LogP contribution < -0.4 is 0 Å². The van der Waals surface area contributed by atoms with E-state index in [0.29, 0.717) is 25.7 Å². The van der Waals surface area contributed by atoms with E-state index >= 15 is 0 Å². The van der Waals surface area contributed by atoms with Crippen LogP contribution in [0.3, 0.4) is 0 Å². The van der Waals surface area contributed by atoms with E-state index in [0.717, 1.165) is 120 Å². The Morgan fingerprint density at radius 3 is 0.816 bits per heavy atom. The molecule has 0 bridgehead atoms. The largest absolute Gasteiger partial charge is 0.472 e. The molecule has 0 rings (SSSR count). The lowest BCUT2D eigenvalue weighted by molar-refractivity contribution is -0.161. The molecule has 516 valence electrons. The molecule has 0 aromatic heterocycles. The molecule has 0 amide bonds. The number of carbonyl (C=O) groups is 4. The molecule has 0 heterocycles. The Morgan fingerprint density at radius 1 is 0.322 bits per heavy atom. The Balaban J connectivity index is 5.27. The number of phosphoric ester groups is 2. The first-order valence-electron chi connectivity index (χ1n) is 35.3. The van der Waals surface area contributed by atoms with Gasteiger partial charge < -0.3 is 33.8 Å². The van der Waals surface area contributed by atoms with Gasteiger partial charge in [-0.3, -0.25) is 37.3 Å². The molecule has 0 aliphatic heterocycles. The molecule has 0 aliphatic rings. The number of rotatable bonds is 65. The van der Waals surface area contributed by atoms with E-state index in [2.05, 4.69) is 55.4 Å². The monoisotopic (exact) mass is 1280 g/mol. The summed E-state index contributed by atoms with van der Waals surface area (Å²) in [6.07, 6.45) is 38.9. The fourth-order valence-electron chi connectivity index (χ4n) is 10.0. The van der Waals surface area contributed by atoms with Gasteiger partial charge in [-0.05, 0) is 49.4 Å². The minimum Gasteiger partial charge on any atom is -0.462 e. The Kier molecular flexibility index (Phi) is 56.6. The van der Waals surface area contributed by atoms with Crippen LogP contribution >= 0.6 is 15.6 Å². The van der Waals surface area contributed by atoms with Gasteiger partial charge in [0.1, 0.15) is 19.3 Å². The third-order valence-electron chi connectivity index (χ3n) is 16.7. The summed E-state index contributed by atoms with van der Waals surface area (Å²) in [7, 11) is -9.90. The molecule has 0 saturated heterocycles. The van der Waals surface area contributed by atoms with Crippen LogP contribution in [0.4, 0.5) is 0 Å². The molecule has 0 aromatic carbocycles. The number of unbranched alkanes of at least 4 members (excludes halogenated alkanes) is 28. The highest BCUT2D eigenvalue weighted by Crippen LogP contribution is 2.45. The van der Waals surface area contributed by atoms with Crippen LogP contribution in [0.15, 0.2) is 0 Å². The fourth-order valence-corrected chi connectivity index (χ4v) is 11.6. The van der Waals surface area contributed by atoms with Crippen molar-refractivity contribution in [3.05, 3.63) is 0 Å². The topological polar surface area (TPSA) is 237 Å². The lowest BCUT2D eigenvalue weighted by Crippen LogP contribution is -2.30. The molecule has 19 heteroatoms. The highest BCUT2D eigenvalue weighted by atomic mass is 31.2. The van der Waals surface area contributed by atoms with Gasteiger partial charge in [-0.2, -0.15) is 0 Å². The first-order chi connectivity index (χ1) is 41.7. The molecule has 17 nitrogen and oxygen atoms in total. The standard InChI is InChI=1S/C68H132O17P2/c1-9-59(6)45-37-29-21-17-13-15-18-22-32-40-48-65(70)78-54-63(84-67(72)50-42-34-23-19-14-12-16-20-28-36-44-58(4)5)56-82-86(74,75)80-52-62(69)53-81-87(76,77)83-57-64(85-68(73)51-43-35-27-25-31-39-47-61(8)11-3)55-79-66(71)49-41-33-26-24-30-38-46-60(7)10-2/h58-64,69H,9-57H2,1-8H3,(H,74,75)(H,76,77)/t59?,60?,61?,62-,63-,64-/m1/s1. The Labute approximate surface area is 530 Å². The molecular weight excluding hydrogens is 1150 g/mol. The lowest BCUT2D eigenvalue weighted by Gasteiger charge is -2.21. The molecule has 0 radical (unpaired) electrons. The molecule has 3 N–H and O–H groups in total. The predicted octanol–water partition coefficient (Wildman–Crippen LogP) is 18.9. The van der Waals surface area contributed by atoms with Gasteiger partial charge in [0.15, 0.2) is 12.2 Å². The number of hydrogen-bond donors (Lipinski definition) is 3. The minimum atomic E-state index is -4.95. The third kappa shape index (κ3) is 58.9. The van der Waals surface area contributed by atoms with Gasteiger partial charge in [0.25, 0.3) is 0 Å². The van der Waals surface area contributed by atoms with Crippen molar-refractivity contribution in [2.75, 3.05) is 39.6 Å². The Hall–Kier alpha value is -1.94. The predicted molar refractivity (Wildman–Crippen MR) is 349 cm³/mol. The van der Waals surface area contributed by atoms with Crippen molar-refractivity contribution in [2.24, 2.45) is 23.7 Å². The van der Waals surface area contributed by atoms with Gasteiger partial charge in [0, 0.05) is 25.7 Å². The van der Waals surface area contributed by atoms with Gasteiger partial charge in [-0.15, -0.1) is 0 Å². The van der Waals surface area contributed by atoms with Crippen LogP contribution in [0.25, 0.3) is 0 Å². The maximum atomic E-state index is 13.0. The molecule has 0 aromatic rings. The summed E-state index contributed by atoms with van der Waals surface area (Å²) in [4.78, 5) is 72.4. The van der Waals surface area contributed by atoms with Gasteiger partial charge >= 0.3 is 39.5 Å². The van der Waals surface area contributed by atoms with Crippen LogP contribution in [0.5, 0.6) is 0 Å². The first kappa shape index (κ1) is 85.1. The summed E-state index contributed by atoms with van der Waals surface area (Å²) in [6, 6.07) is 0. The van der Waals surface area contributed by atoms with E-state index < -0.39 is 97.5 Å². The highest BCUT2D eigenvalue weighted by molar-refractivity contribution is 7.47. The summed E-state index contributed by atoms with van der Waals surface area (Å²) in [5, 5.41) is 10.6. The molecular formula is C68H132O17P2. The maximum Gasteiger partial charge on any atom is 0.472 e. The Bertz CT molecular complexity index is 1740. The zero-order valence-corrected chi connectivity index (χ0v) is 58.4. The molecule has 0 saturated carbocycles. The van der Waals surface area contributed by atoms with Crippen molar-refractivity contribution >= 4 is 39.5 Å². The number of hydrogen-bond acceptors (Lipinski definition) is 15. The normalized spacial score (nSPS) is 15.3. The molecule has 8 atom stereocenters. The second-order valence-electron chi connectivity index (χ2n) is 25.8. The van der Waals surface area contributed by atoms with Crippen molar-refractivity contribution < 1.29 is 80.2 Å². The lowest BCUT2D eigenvalue weighted by atomic mass is 9.99. The highest BCUT2D eigenvalue weighted by Gasteiger charge is 2.30. The minimum absolute atomic E-state index is 0.101. The van der Waals surface area contributed by atoms with E-state index in [1.807, 2.05) is 0 Å². The van der Waals surface area contributed by atoms with Crippen LogP contribution in [-0.2, 0) is 65.4 Å². The Morgan fingerprint density at radius 2 is 0.552 bits per heavy atom. The SMILES string of the molecule is CCC(C)CCCCCCCCCCCCC(=O)OC[C@H](COP(=O)(O)OC[C@@H](O)COP(=O)(O)OC[C@@H](COC(=O)CCCCCCCCC(C)CC)OC(=O)CCCCCCCCC(C)CC)OC(=O)CCCCCCCCCCCCC(C)C. The van der Waals surface area contributed by atoms with E-state index in [1.165, 1.54) is 128 Å². The molecule has 0 fully saturated rings. The van der Waals surface area contributed by atoms with Crippen molar-refractivity contribution in [3.63, 3.8) is 0 Å². The van der Waals surface area contributed by atoms with Crippen LogP contribution in [-0.4, -0.2) is 96.7 Å². The van der Waals surface area contributed by atoms with Crippen molar-refractivity contribution in [1.29, 1.82) is 0 Å². The van der Waals surface area contributed by atoms with Gasteiger partial charge in [0.2, 0.25) is 0 Å². The average molecular weight is 1280 g/mol. The molecule has 87 heavy (non-hydrogen) atoms. The van der Waals surface area contributed by atoms with E-state index in [9.17, 15) is 43.2 Å². The van der Waals surface area contributed by atoms with Gasteiger partial charge in [0.05, 0.1) is 26.4 Å². The van der Waals surface area contributed by atoms with Gasteiger partial charge in [-0.25, -0.2) is 9.13 Å². The van der Waals surface area contributed by atoms with Crippen LogP contribution in [0.1, 0.15) is 331 Å². The number of aliphatic hydroxyl groups is 1. The molecule has 5 unspecified atom stereocenters. The first-order valence-corrected chi connectivity index (χ1v) is 38.3. The summed E-state index contributed by atoms with van der Waals surface area (Å²) >= 11 is 0. The number of phosphoric acid groups is 2. The number of carbonyl (C=O) groups excluding carboxylic acids is 4.